The highest BCUT2D eigenvalue weighted by molar-refractivity contribution is 5.81. The number of nitrogens with one attached hydrogen (secondary N) is 2. The number of unbranched alkanes of at least 4 members (excludes halogenated alkanes) is 4. The van der Waals surface area contributed by atoms with Gasteiger partial charge in [-0.2, -0.15) is 0 Å². The van der Waals surface area contributed by atoms with Crippen LogP contribution in [0, 0.1) is 11.3 Å². The molecule has 5 nitrogen and oxygen atoms in total. The second-order valence-corrected chi connectivity index (χ2v) is 8.10. The molecular formula is C22H44N2O3. The Hall–Kier alpha value is -1.39. The molecule has 0 fully saturated rings. The minimum Gasteiger partial charge on any atom is -0.356 e. The van der Waals surface area contributed by atoms with Gasteiger partial charge in [0.2, 0.25) is 11.8 Å². The molecule has 0 aromatic carbocycles. The van der Waals surface area contributed by atoms with Crippen LogP contribution in [0.4, 0.5) is 0 Å². The van der Waals surface area contributed by atoms with Gasteiger partial charge in [-0.1, -0.05) is 61.3 Å². The highest BCUT2D eigenvalue weighted by atomic mass is 16.2. The summed E-state index contributed by atoms with van der Waals surface area (Å²) in [6, 6.07) is 0. The van der Waals surface area contributed by atoms with Crippen LogP contribution in [0.5, 0.6) is 0 Å². The van der Waals surface area contributed by atoms with E-state index in [9.17, 15) is 14.4 Å². The molecule has 0 heterocycles. The standard InChI is InChI=1S/C20H38N2O3.C2H6/c1-16(2)17(23)12-8-6-7-9-13-18(24)21-14-10-11-15-22-19(25)20(3,4)5;1-2/h16H,6-15H2,1-5H3,(H,21,24)(H,22,25);1-2H3. The van der Waals surface area contributed by atoms with Crippen LogP contribution in [0.25, 0.3) is 0 Å². The summed E-state index contributed by atoms with van der Waals surface area (Å²) >= 11 is 0. The fourth-order valence-corrected chi connectivity index (χ4v) is 2.26. The number of Topliss-reactive ketones (excluding diaryl/α,β-unsaturated/α-hetero) is 1. The van der Waals surface area contributed by atoms with Crippen molar-refractivity contribution in [1.29, 1.82) is 0 Å². The zero-order valence-corrected chi connectivity index (χ0v) is 18.9. The van der Waals surface area contributed by atoms with Crippen LogP contribution < -0.4 is 10.6 Å². The van der Waals surface area contributed by atoms with Crippen LogP contribution in [-0.4, -0.2) is 30.7 Å². The minimum absolute atomic E-state index is 0.0617. The van der Waals surface area contributed by atoms with Gasteiger partial charge in [-0.15, -0.1) is 0 Å². The number of amides is 2. The summed E-state index contributed by atoms with van der Waals surface area (Å²) in [6.07, 6.45) is 6.77. The van der Waals surface area contributed by atoms with Gasteiger partial charge >= 0.3 is 0 Å². The van der Waals surface area contributed by atoms with Crippen LogP contribution >= 0.6 is 0 Å². The lowest BCUT2D eigenvalue weighted by molar-refractivity contribution is -0.128. The van der Waals surface area contributed by atoms with Crippen molar-refractivity contribution >= 4 is 17.6 Å². The number of rotatable bonds is 13. The largest absolute Gasteiger partial charge is 0.356 e. The number of hydrogen-bond acceptors (Lipinski definition) is 3. The van der Waals surface area contributed by atoms with Gasteiger partial charge in [0.25, 0.3) is 0 Å². The van der Waals surface area contributed by atoms with E-state index in [-0.39, 0.29) is 23.1 Å². The van der Waals surface area contributed by atoms with Gasteiger partial charge in [0, 0.05) is 37.3 Å². The van der Waals surface area contributed by atoms with Crippen molar-refractivity contribution in [3.63, 3.8) is 0 Å². The monoisotopic (exact) mass is 384 g/mol. The topological polar surface area (TPSA) is 75.3 Å². The third-order valence-corrected chi connectivity index (χ3v) is 4.11. The fraction of sp³-hybridized carbons (Fsp3) is 0.864. The first-order chi connectivity index (χ1) is 12.6. The van der Waals surface area contributed by atoms with Gasteiger partial charge in [0.05, 0.1) is 0 Å². The molecule has 0 aromatic rings. The predicted octanol–water partition coefficient (Wildman–Crippen LogP) is 4.64. The molecule has 160 valence electrons. The quantitative estimate of drug-likeness (QED) is 0.454. The Morgan fingerprint density at radius 1 is 0.741 bits per heavy atom. The number of hydrogen-bond donors (Lipinski definition) is 2. The number of ketones is 1. The summed E-state index contributed by atoms with van der Waals surface area (Å²) in [4.78, 5) is 34.9. The molecule has 0 aliphatic carbocycles. The SMILES string of the molecule is CC.CC(C)C(=O)CCCCCCC(=O)NCCCCNC(=O)C(C)(C)C. The lowest BCUT2D eigenvalue weighted by Gasteiger charge is -2.17. The van der Waals surface area contributed by atoms with Gasteiger partial charge < -0.3 is 10.6 Å². The van der Waals surface area contributed by atoms with E-state index in [1.54, 1.807) is 0 Å². The van der Waals surface area contributed by atoms with Gasteiger partial charge in [-0.3, -0.25) is 14.4 Å². The molecular weight excluding hydrogens is 340 g/mol. The molecule has 0 atom stereocenters. The Labute approximate surface area is 167 Å². The summed E-state index contributed by atoms with van der Waals surface area (Å²) < 4.78 is 0. The van der Waals surface area contributed by atoms with E-state index in [4.69, 9.17) is 0 Å². The maximum Gasteiger partial charge on any atom is 0.225 e. The van der Waals surface area contributed by atoms with E-state index in [1.165, 1.54) is 0 Å². The highest BCUT2D eigenvalue weighted by Gasteiger charge is 2.20. The molecule has 27 heavy (non-hydrogen) atoms. The van der Waals surface area contributed by atoms with E-state index >= 15 is 0 Å². The molecule has 0 aliphatic rings. The minimum atomic E-state index is -0.351. The Kier molecular flexibility index (Phi) is 17.3. The summed E-state index contributed by atoms with van der Waals surface area (Å²) in [5, 5.41) is 5.82. The van der Waals surface area contributed by atoms with Crippen molar-refractivity contribution in [1.82, 2.24) is 10.6 Å². The van der Waals surface area contributed by atoms with Crippen molar-refractivity contribution in [2.45, 2.75) is 99.8 Å². The Balaban J connectivity index is 0. The van der Waals surface area contributed by atoms with Crippen LogP contribution in [0.3, 0.4) is 0 Å². The van der Waals surface area contributed by atoms with Crippen molar-refractivity contribution in [3.05, 3.63) is 0 Å². The molecule has 0 aromatic heterocycles. The molecule has 2 N–H and O–H groups in total. The van der Waals surface area contributed by atoms with Crippen LogP contribution in [0.15, 0.2) is 0 Å². The smallest absolute Gasteiger partial charge is 0.225 e. The fourth-order valence-electron chi connectivity index (χ4n) is 2.26. The highest BCUT2D eigenvalue weighted by Crippen LogP contribution is 2.12. The summed E-state index contributed by atoms with van der Waals surface area (Å²) in [7, 11) is 0. The van der Waals surface area contributed by atoms with Crippen molar-refractivity contribution in [2.75, 3.05) is 13.1 Å². The maximum atomic E-state index is 11.7. The normalized spacial score (nSPS) is 10.8. The van der Waals surface area contributed by atoms with Gasteiger partial charge in [-0.05, 0) is 25.7 Å². The maximum absolute atomic E-state index is 11.7. The zero-order valence-electron chi connectivity index (χ0n) is 18.9. The molecule has 0 unspecified atom stereocenters. The van der Waals surface area contributed by atoms with Gasteiger partial charge in [0.1, 0.15) is 5.78 Å². The van der Waals surface area contributed by atoms with Crippen molar-refractivity contribution in [2.24, 2.45) is 11.3 Å². The summed E-state index contributed by atoms with van der Waals surface area (Å²) in [6.45, 7) is 14.9. The molecule has 0 radical (unpaired) electrons. The number of carbonyl (C=O) groups excluding carboxylic acids is 3. The molecule has 0 aliphatic heterocycles. The predicted molar refractivity (Wildman–Crippen MR) is 114 cm³/mol. The Morgan fingerprint density at radius 2 is 1.22 bits per heavy atom. The molecule has 0 saturated carbocycles. The summed E-state index contributed by atoms with van der Waals surface area (Å²) in [5.74, 6) is 0.618. The molecule has 0 spiro atoms. The van der Waals surface area contributed by atoms with Crippen LogP contribution in [0.1, 0.15) is 99.8 Å². The van der Waals surface area contributed by atoms with E-state index < -0.39 is 0 Å². The van der Waals surface area contributed by atoms with E-state index in [0.29, 0.717) is 31.7 Å². The molecule has 2 amide bonds. The van der Waals surface area contributed by atoms with Crippen molar-refractivity contribution < 1.29 is 14.4 Å². The van der Waals surface area contributed by atoms with E-state index in [1.807, 2.05) is 48.5 Å². The summed E-state index contributed by atoms with van der Waals surface area (Å²) in [5.41, 5.74) is -0.351. The first-order valence-corrected chi connectivity index (χ1v) is 10.7. The zero-order chi connectivity index (χ0) is 21.3. The molecule has 5 heteroatoms. The van der Waals surface area contributed by atoms with Crippen LogP contribution in [-0.2, 0) is 14.4 Å². The average Bonchev–Trinajstić information content (AvgIpc) is 2.61. The second kappa shape index (κ2) is 16.8. The Bertz CT molecular complexity index is 412. The second-order valence-electron chi connectivity index (χ2n) is 8.10. The lowest BCUT2D eigenvalue weighted by Crippen LogP contribution is -2.35. The molecule has 0 saturated heterocycles. The van der Waals surface area contributed by atoms with Gasteiger partial charge in [-0.25, -0.2) is 0 Å². The Morgan fingerprint density at radius 3 is 1.70 bits per heavy atom. The molecule has 0 rings (SSSR count). The van der Waals surface area contributed by atoms with E-state index in [0.717, 1.165) is 38.5 Å². The average molecular weight is 385 g/mol. The van der Waals surface area contributed by atoms with E-state index in [2.05, 4.69) is 10.6 Å². The number of carbonyl (C=O) groups is 3. The van der Waals surface area contributed by atoms with Crippen LogP contribution in [0.2, 0.25) is 0 Å². The molecule has 0 bridgehead atoms. The first-order valence-electron chi connectivity index (χ1n) is 10.7. The van der Waals surface area contributed by atoms with Gasteiger partial charge in [0.15, 0.2) is 0 Å². The third kappa shape index (κ3) is 17.8. The third-order valence-electron chi connectivity index (χ3n) is 4.11. The van der Waals surface area contributed by atoms with Crippen molar-refractivity contribution in [3.8, 4) is 0 Å². The lowest BCUT2D eigenvalue weighted by atomic mass is 9.96. The first kappa shape index (κ1) is 27.8.